The highest BCUT2D eigenvalue weighted by Crippen LogP contribution is 2.49. The van der Waals surface area contributed by atoms with Crippen molar-refractivity contribution in [3.05, 3.63) is 23.8 Å². The number of nitrogens with two attached hydrogens (primary N) is 1. The predicted octanol–water partition coefficient (Wildman–Crippen LogP) is 3.93. The van der Waals surface area contributed by atoms with E-state index in [2.05, 4.69) is 25.2 Å². The molecule has 23 heavy (non-hydrogen) atoms. The molecule has 3 rings (SSSR count). The van der Waals surface area contributed by atoms with Crippen molar-refractivity contribution in [2.75, 3.05) is 24.2 Å². The third-order valence-electron chi connectivity index (χ3n) is 5.85. The number of hydrogen-bond acceptors (Lipinski definition) is 4. The van der Waals surface area contributed by atoms with Gasteiger partial charge in [-0.3, -0.25) is 0 Å². The van der Waals surface area contributed by atoms with Crippen molar-refractivity contribution in [2.24, 2.45) is 11.3 Å². The molecule has 3 N–H and O–H groups in total. The van der Waals surface area contributed by atoms with Crippen LogP contribution in [-0.4, -0.2) is 18.8 Å². The molecule has 0 amide bonds. The molecule has 1 saturated carbocycles. The molecular weight excluding hydrogens is 286 g/mol. The zero-order valence-corrected chi connectivity index (χ0v) is 14.2. The summed E-state index contributed by atoms with van der Waals surface area (Å²) in [4.78, 5) is 0. The van der Waals surface area contributed by atoms with Crippen LogP contribution in [0, 0.1) is 22.7 Å². The Morgan fingerprint density at radius 2 is 2.17 bits per heavy atom. The molecule has 4 nitrogen and oxygen atoms in total. The maximum absolute atomic E-state index is 9.06. The maximum atomic E-state index is 9.06. The lowest BCUT2D eigenvalue weighted by Gasteiger charge is -2.47. The second-order valence-corrected chi connectivity index (χ2v) is 7.82. The first-order chi connectivity index (χ1) is 10.9. The van der Waals surface area contributed by atoms with Gasteiger partial charge in [-0.05, 0) is 61.6 Å². The average Bonchev–Trinajstić information content (AvgIpc) is 2.99. The molecule has 0 aromatic heterocycles. The highest BCUT2D eigenvalue weighted by atomic mass is 16.5. The van der Waals surface area contributed by atoms with Crippen molar-refractivity contribution >= 4 is 11.4 Å². The molecule has 2 fully saturated rings. The fourth-order valence-electron chi connectivity index (χ4n) is 4.06. The fourth-order valence-corrected chi connectivity index (χ4v) is 4.06. The molecule has 0 bridgehead atoms. The molecular formula is C19H27N3O. The van der Waals surface area contributed by atoms with Crippen molar-refractivity contribution in [1.82, 2.24) is 0 Å². The molecule has 1 heterocycles. The Morgan fingerprint density at radius 1 is 1.35 bits per heavy atom. The van der Waals surface area contributed by atoms with Gasteiger partial charge in [-0.1, -0.05) is 13.8 Å². The van der Waals surface area contributed by atoms with Crippen molar-refractivity contribution in [3.8, 4) is 6.07 Å². The number of anilines is 2. The van der Waals surface area contributed by atoms with Crippen LogP contribution >= 0.6 is 0 Å². The van der Waals surface area contributed by atoms with Crippen LogP contribution in [0.4, 0.5) is 11.4 Å². The Balaban J connectivity index is 1.71. The summed E-state index contributed by atoms with van der Waals surface area (Å²) < 4.78 is 6.12. The summed E-state index contributed by atoms with van der Waals surface area (Å²) in [5.74, 6) is 0.541. The Labute approximate surface area is 139 Å². The molecule has 1 aromatic carbocycles. The number of rotatable bonds is 3. The van der Waals surface area contributed by atoms with Gasteiger partial charge >= 0.3 is 0 Å². The maximum Gasteiger partial charge on any atom is 0.0992 e. The summed E-state index contributed by atoms with van der Waals surface area (Å²) in [5.41, 5.74) is 8.66. The van der Waals surface area contributed by atoms with E-state index >= 15 is 0 Å². The Kier molecular flexibility index (Phi) is 4.25. The molecule has 2 unspecified atom stereocenters. The van der Waals surface area contributed by atoms with Gasteiger partial charge in [-0.25, -0.2) is 0 Å². The van der Waals surface area contributed by atoms with Crippen molar-refractivity contribution < 1.29 is 4.74 Å². The van der Waals surface area contributed by atoms with Crippen molar-refractivity contribution in [1.29, 1.82) is 5.26 Å². The van der Waals surface area contributed by atoms with Crippen LogP contribution in [0.2, 0.25) is 0 Å². The van der Waals surface area contributed by atoms with E-state index in [0.29, 0.717) is 22.6 Å². The highest BCUT2D eigenvalue weighted by Gasteiger charge is 2.46. The molecule has 1 spiro atoms. The number of nitrogen functional groups attached to an aromatic ring is 1. The number of benzene rings is 1. The van der Waals surface area contributed by atoms with E-state index in [4.69, 9.17) is 15.7 Å². The molecule has 2 atom stereocenters. The minimum atomic E-state index is 0.113. The van der Waals surface area contributed by atoms with Crippen LogP contribution in [0.5, 0.6) is 0 Å². The smallest absolute Gasteiger partial charge is 0.0992 e. The third kappa shape index (κ3) is 3.30. The summed E-state index contributed by atoms with van der Waals surface area (Å²) in [6.07, 6.45) is 5.89. The molecule has 2 aliphatic rings. The fraction of sp³-hybridized carbons (Fsp3) is 0.632. The molecule has 0 radical (unpaired) electrons. The molecule has 1 aliphatic carbocycles. The molecule has 4 heteroatoms. The van der Waals surface area contributed by atoms with E-state index in [1.165, 1.54) is 25.7 Å². The first-order valence-corrected chi connectivity index (χ1v) is 8.62. The minimum Gasteiger partial charge on any atom is -0.397 e. The first kappa shape index (κ1) is 16.1. The van der Waals surface area contributed by atoms with Crippen LogP contribution in [0.15, 0.2) is 18.2 Å². The van der Waals surface area contributed by atoms with Gasteiger partial charge in [0.1, 0.15) is 0 Å². The minimum absolute atomic E-state index is 0.113. The second kappa shape index (κ2) is 6.05. The summed E-state index contributed by atoms with van der Waals surface area (Å²) in [7, 11) is 0. The van der Waals surface area contributed by atoms with Crippen LogP contribution in [0.3, 0.4) is 0 Å². The van der Waals surface area contributed by atoms with Crippen LogP contribution in [0.1, 0.15) is 51.5 Å². The Morgan fingerprint density at radius 3 is 2.87 bits per heavy atom. The standard InChI is InChI=1S/C19H27N3O/c1-18(2)7-8-19(6-3-9-23-19)11-15(18)13-22-17-10-14(12-20)4-5-16(17)21/h4-5,10,15,22H,3,6-9,11,13,21H2,1-2H3. The topological polar surface area (TPSA) is 71.1 Å². The van der Waals surface area contributed by atoms with Gasteiger partial charge < -0.3 is 15.8 Å². The summed E-state index contributed by atoms with van der Waals surface area (Å²) >= 11 is 0. The van der Waals surface area contributed by atoms with Crippen molar-refractivity contribution in [2.45, 2.75) is 51.6 Å². The number of ether oxygens (including phenoxy) is 1. The van der Waals surface area contributed by atoms with Gasteiger partial charge in [-0.15, -0.1) is 0 Å². The largest absolute Gasteiger partial charge is 0.397 e. The lowest BCUT2D eigenvalue weighted by atomic mass is 9.63. The highest BCUT2D eigenvalue weighted by molar-refractivity contribution is 5.68. The summed E-state index contributed by atoms with van der Waals surface area (Å²) in [6.45, 7) is 6.50. The van der Waals surface area contributed by atoms with E-state index in [9.17, 15) is 0 Å². The summed E-state index contributed by atoms with van der Waals surface area (Å²) in [5, 5.41) is 12.5. The van der Waals surface area contributed by atoms with Gasteiger partial charge in [0.2, 0.25) is 0 Å². The van der Waals surface area contributed by atoms with Gasteiger partial charge in [-0.2, -0.15) is 5.26 Å². The van der Waals surface area contributed by atoms with Crippen LogP contribution in [0.25, 0.3) is 0 Å². The lowest BCUT2D eigenvalue weighted by Crippen LogP contribution is -2.45. The van der Waals surface area contributed by atoms with Gasteiger partial charge in [0.15, 0.2) is 0 Å². The zero-order chi connectivity index (χ0) is 16.5. The number of nitrogens with zero attached hydrogens (tertiary/aromatic N) is 1. The number of hydrogen-bond donors (Lipinski definition) is 2. The predicted molar refractivity (Wildman–Crippen MR) is 93.1 cm³/mol. The number of nitriles is 1. The molecule has 1 aromatic rings. The van der Waals surface area contributed by atoms with E-state index in [1.807, 2.05) is 6.07 Å². The van der Waals surface area contributed by atoms with Crippen LogP contribution in [-0.2, 0) is 4.74 Å². The van der Waals surface area contributed by atoms with E-state index in [1.54, 1.807) is 12.1 Å². The lowest BCUT2D eigenvalue weighted by molar-refractivity contribution is -0.0717. The Hall–Kier alpha value is -1.73. The molecule has 1 saturated heterocycles. The summed E-state index contributed by atoms with van der Waals surface area (Å²) in [6, 6.07) is 7.57. The SMILES string of the molecule is CC1(C)CCC2(CCCO2)CC1CNc1cc(C#N)ccc1N. The normalized spacial score (nSPS) is 29.3. The zero-order valence-electron chi connectivity index (χ0n) is 14.2. The van der Waals surface area contributed by atoms with Gasteiger partial charge in [0.25, 0.3) is 0 Å². The average molecular weight is 313 g/mol. The van der Waals surface area contributed by atoms with Gasteiger partial charge in [0, 0.05) is 13.2 Å². The molecule has 124 valence electrons. The van der Waals surface area contributed by atoms with E-state index in [0.717, 1.165) is 25.3 Å². The monoisotopic (exact) mass is 313 g/mol. The molecule has 1 aliphatic heterocycles. The van der Waals surface area contributed by atoms with Crippen molar-refractivity contribution in [3.63, 3.8) is 0 Å². The quantitative estimate of drug-likeness (QED) is 0.829. The number of nitrogens with one attached hydrogen (secondary N) is 1. The van der Waals surface area contributed by atoms with E-state index in [-0.39, 0.29) is 5.60 Å². The second-order valence-electron chi connectivity index (χ2n) is 7.82. The third-order valence-corrected chi connectivity index (χ3v) is 5.85. The van der Waals surface area contributed by atoms with E-state index < -0.39 is 0 Å². The first-order valence-electron chi connectivity index (χ1n) is 8.62. The van der Waals surface area contributed by atoms with Crippen LogP contribution < -0.4 is 11.1 Å². The van der Waals surface area contributed by atoms with Gasteiger partial charge in [0.05, 0.1) is 28.6 Å². The Bertz CT molecular complexity index is 612.